The Labute approximate surface area is 89.5 Å². The van der Waals surface area contributed by atoms with Gasteiger partial charge in [-0.25, -0.2) is 0 Å². The van der Waals surface area contributed by atoms with Crippen molar-refractivity contribution in [2.45, 2.75) is 45.1 Å². The highest BCUT2D eigenvalue weighted by Gasteiger charge is 2.08. The number of aliphatic hydroxyl groups is 1. The van der Waals surface area contributed by atoms with E-state index in [1.807, 2.05) is 6.92 Å². The summed E-state index contributed by atoms with van der Waals surface area (Å²) in [4.78, 5) is 21.4. The Morgan fingerprint density at radius 2 is 1.87 bits per heavy atom. The van der Waals surface area contributed by atoms with E-state index < -0.39 is 5.97 Å². The summed E-state index contributed by atoms with van der Waals surface area (Å²) < 4.78 is 0. The Bertz CT molecular complexity index is 202. The van der Waals surface area contributed by atoms with E-state index in [1.54, 1.807) is 0 Å². The van der Waals surface area contributed by atoms with Gasteiger partial charge in [0.15, 0.2) is 0 Å². The lowest BCUT2D eigenvalue weighted by molar-refractivity contribution is -0.137. The third-order valence-electron chi connectivity index (χ3n) is 2.12. The first-order chi connectivity index (χ1) is 7.10. The van der Waals surface area contributed by atoms with Gasteiger partial charge in [-0.05, 0) is 19.3 Å². The summed E-state index contributed by atoms with van der Waals surface area (Å²) in [5.41, 5.74) is 0. The summed E-state index contributed by atoms with van der Waals surface area (Å²) in [6.07, 6.45) is 2.20. The Hall–Kier alpha value is -1.10. The molecule has 88 valence electrons. The summed E-state index contributed by atoms with van der Waals surface area (Å²) in [7, 11) is 0. The zero-order chi connectivity index (χ0) is 11.7. The zero-order valence-electron chi connectivity index (χ0n) is 9.03. The number of aliphatic carboxylic acids is 1. The van der Waals surface area contributed by atoms with Crippen LogP contribution in [0.2, 0.25) is 0 Å². The van der Waals surface area contributed by atoms with Crippen LogP contribution in [0, 0.1) is 0 Å². The molecule has 5 heteroatoms. The molecule has 1 atom stereocenters. The quantitative estimate of drug-likeness (QED) is 0.517. The van der Waals surface area contributed by atoms with E-state index in [2.05, 4.69) is 5.32 Å². The van der Waals surface area contributed by atoms with Crippen molar-refractivity contribution < 1.29 is 19.8 Å². The van der Waals surface area contributed by atoms with Gasteiger partial charge in [-0.2, -0.15) is 0 Å². The number of hydrogen-bond acceptors (Lipinski definition) is 3. The average molecular weight is 217 g/mol. The minimum Gasteiger partial charge on any atom is -0.481 e. The monoisotopic (exact) mass is 217 g/mol. The molecule has 0 aromatic rings. The fraction of sp³-hybridized carbons (Fsp3) is 0.800. The maximum atomic E-state index is 11.2. The summed E-state index contributed by atoms with van der Waals surface area (Å²) >= 11 is 0. The Kier molecular flexibility index (Phi) is 7.62. The van der Waals surface area contributed by atoms with Crippen LogP contribution in [-0.4, -0.2) is 34.7 Å². The first-order valence-corrected chi connectivity index (χ1v) is 5.22. The van der Waals surface area contributed by atoms with Crippen molar-refractivity contribution in [1.29, 1.82) is 0 Å². The van der Waals surface area contributed by atoms with E-state index in [0.717, 1.165) is 0 Å². The average Bonchev–Trinajstić information content (AvgIpc) is 2.20. The SMILES string of the molecule is CC[C@H](CO)NC(=O)CCCCC(=O)O. The molecular formula is C10H19NO4. The zero-order valence-corrected chi connectivity index (χ0v) is 9.03. The van der Waals surface area contributed by atoms with Crippen molar-refractivity contribution in [3.05, 3.63) is 0 Å². The molecular weight excluding hydrogens is 198 g/mol. The van der Waals surface area contributed by atoms with Crippen molar-refractivity contribution in [3.63, 3.8) is 0 Å². The lowest BCUT2D eigenvalue weighted by Crippen LogP contribution is -2.36. The number of aliphatic hydroxyl groups excluding tert-OH is 1. The van der Waals surface area contributed by atoms with E-state index in [9.17, 15) is 9.59 Å². The summed E-state index contributed by atoms with van der Waals surface area (Å²) in [6.45, 7) is 1.82. The predicted molar refractivity (Wildman–Crippen MR) is 55.4 cm³/mol. The topological polar surface area (TPSA) is 86.6 Å². The van der Waals surface area contributed by atoms with Crippen molar-refractivity contribution >= 4 is 11.9 Å². The van der Waals surface area contributed by atoms with Gasteiger partial charge in [-0.15, -0.1) is 0 Å². The molecule has 3 N–H and O–H groups in total. The number of carboxylic acids is 1. The van der Waals surface area contributed by atoms with E-state index >= 15 is 0 Å². The number of carbonyl (C=O) groups is 2. The highest BCUT2D eigenvalue weighted by atomic mass is 16.4. The van der Waals surface area contributed by atoms with Crippen LogP contribution in [0.15, 0.2) is 0 Å². The molecule has 0 rings (SSSR count). The highest BCUT2D eigenvalue weighted by Crippen LogP contribution is 2.00. The number of amides is 1. The second kappa shape index (κ2) is 8.23. The first kappa shape index (κ1) is 13.9. The number of nitrogens with one attached hydrogen (secondary N) is 1. The largest absolute Gasteiger partial charge is 0.481 e. The second-order valence-electron chi connectivity index (χ2n) is 3.46. The molecule has 0 aromatic heterocycles. The van der Waals surface area contributed by atoms with Gasteiger partial charge in [0.25, 0.3) is 0 Å². The van der Waals surface area contributed by atoms with Crippen LogP contribution in [-0.2, 0) is 9.59 Å². The molecule has 0 aliphatic heterocycles. The predicted octanol–water partition coefficient (Wildman–Crippen LogP) is 0.518. The number of carbonyl (C=O) groups excluding carboxylic acids is 1. The van der Waals surface area contributed by atoms with Crippen LogP contribution < -0.4 is 5.32 Å². The third kappa shape index (κ3) is 7.93. The van der Waals surface area contributed by atoms with Crippen LogP contribution in [0.25, 0.3) is 0 Å². The lowest BCUT2D eigenvalue weighted by Gasteiger charge is -2.13. The molecule has 0 fully saturated rings. The number of carboxylic acid groups (broad SMARTS) is 1. The number of rotatable bonds is 8. The van der Waals surface area contributed by atoms with Gasteiger partial charge in [0.05, 0.1) is 12.6 Å². The van der Waals surface area contributed by atoms with Crippen LogP contribution in [0.3, 0.4) is 0 Å². The molecule has 0 aromatic carbocycles. The first-order valence-electron chi connectivity index (χ1n) is 5.22. The van der Waals surface area contributed by atoms with E-state index in [0.29, 0.717) is 25.7 Å². The molecule has 0 radical (unpaired) electrons. The maximum Gasteiger partial charge on any atom is 0.303 e. The van der Waals surface area contributed by atoms with E-state index in [4.69, 9.17) is 10.2 Å². The van der Waals surface area contributed by atoms with Crippen molar-refractivity contribution in [3.8, 4) is 0 Å². The Morgan fingerprint density at radius 1 is 1.27 bits per heavy atom. The molecule has 0 aliphatic rings. The lowest BCUT2D eigenvalue weighted by atomic mass is 10.1. The normalized spacial score (nSPS) is 12.1. The van der Waals surface area contributed by atoms with Gasteiger partial charge in [0.2, 0.25) is 5.91 Å². The smallest absolute Gasteiger partial charge is 0.303 e. The van der Waals surface area contributed by atoms with Crippen molar-refractivity contribution in [2.24, 2.45) is 0 Å². The summed E-state index contributed by atoms with van der Waals surface area (Å²) in [5, 5.41) is 19.9. The van der Waals surface area contributed by atoms with Crippen LogP contribution in [0.4, 0.5) is 0 Å². The van der Waals surface area contributed by atoms with Gasteiger partial charge in [-0.3, -0.25) is 9.59 Å². The van der Waals surface area contributed by atoms with E-state index in [-0.39, 0.29) is 25.0 Å². The minimum atomic E-state index is -0.836. The van der Waals surface area contributed by atoms with Crippen LogP contribution in [0.1, 0.15) is 39.0 Å². The van der Waals surface area contributed by atoms with Crippen molar-refractivity contribution in [1.82, 2.24) is 5.32 Å². The van der Waals surface area contributed by atoms with Gasteiger partial charge < -0.3 is 15.5 Å². The minimum absolute atomic E-state index is 0.0582. The van der Waals surface area contributed by atoms with E-state index in [1.165, 1.54) is 0 Å². The van der Waals surface area contributed by atoms with Gasteiger partial charge in [0.1, 0.15) is 0 Å². The highest BCUT2D eigenvalue weighted by molar-refractivity contribution is 5.76. The number of unbranched alkanes of at least 4 members (excludes halogenated alkanes) is 1. The molecule has 0 unspecified atom stereocenters. The molecule has 0 saturated heterocycles. The van der Waals surface area contributed by atoms with Crippen molar-refractivity contribution in [2.75, 3.05) is 6.61 Å². The molecule has 0 heterocycles. The molecule has 0 aliphatic carbocycles. The summed E-state index contributed by atoms with van der Waals surface area (Å²) in [6, 6.07) is -0.183. The van der Waals surface area contributed by atoms with Crippen LogP contribution in [0.5, 0.6) is 0 Å². The van der Waals surface area contributed by atoms with Gasteiger partial charge in [-0.1, -0.05) is 6.92 Å². The molecule has 0 saturated carbocycles. The second-order valence-corrected chi connectivity index (χ2v) is 3.46. The summed E-state index contributed by atoms with van der Waals surface area (Å²) in [5.74, 6) is -0.960. The maximum absolute atomic E-state index is 11.2. The molecule has 5 nitrogen and oxygen atoms in total. The van der Waals surface area contributed by atoms with Gasteiger partial charge >= 0.3 is 5.97 Å². The molecule has 0 spiro atoms. The standard InChI is InChI=1S/C10H19NO4/c1-2-8(7-12)11-9(13)5-3-4-6-10(14)15/h8,12H,2-7H2,1H3,(H,11,13)(H,14,15)/t8-/m1/s1. The fourth-order valence-electron chi connectivity index (χ4n) is 1.14. The molecule has 15 heavy (non-hydrogen) atoms. The third-order valence-corrected chi connectivity index (χ3v) is 2.12. The fourth-order valence-corrected chi connectivity index (χ4v) is 1.14. The molecule has 0 bridgehead atoms. The van der Waals surface area contributed by atoms with Gasteiger partial charge in [0, 0.05) is 12.8 Å². The Balaban J connectivity index is 3.52. The van der Waals surface area contributed by atoms with Crippen LogP contribution >= 0.6 is 0 Å². The molecule has 1 amide bonds. The number of hydrogen-bond donors (Lipinski definition) is 3. The Morgan fingerprint density at radius 3 is 2.33 bits per heavy atom.